The van der Waals surface area contributed by atoms with Gasteiger partial charge in [0.1, 0.15) is 23.7 Å². The van der Waals surface area contributed by atoms with Crippen LogP contribution in [-0.4, -0.2) is 38.0 Å². The van der Waals surface area contributed by atoms with Crippen LogP contribution in [0.15, 0.2) is 83.8 Å². The first-order valence-electron chi connectivity index (χ1n) is 12.5. The van der Waals surface area contributed by atoms with Gasteiger partial charge >= 0.3 is 0 Å². The molecule has 0 saturated carbocycles. The topological polar surface area (TPSA) is 118 Å². The number of anilines is 1. The smallest absolute Gasteiger partial charge is 0.284 e. The molecule has 2 aromatic heterocycles. The number of H-pyrrole nitrogens is 1. The van der Waals surface area contributed by atoms with Crippen molar-refractivity contribution >= 4 is 22.5 Å². The van der Waals surface area contributed by atoms with Crippen LogP contribution in [0, 0.1) is 12.7 Å². The number of amides is 1. The van der Waals surface area contributed by atoms with Gasteiger partial charge in [-0.05, 0) is 63.2 Å². The SMILES string of the molecule is Cc1[nH]n(-c2ccccc2)c(=O)c1C(=O)Nc1ccc(Oc2ccnc3cc(OCC(C)(C)O)ccc23)c(F)c1. The monoisotopic (exact) mass is 542 g/mol. The molecule has 2 heterocycles. The van der Waals surface area contributed by atoms with E-state index in [0.29, 0.717) is 33.8 Å². The van der Waals surface area contributed by atoms with Gasteiger partial charge in [0.2, 0.25) is 0 Å². The van der Waals surface area contributed by atoms with Crippen LogP contribution in [0.4, 0.5) is 10.1 Å². The maximum absolute atomic E-state index is 15.0. The highest BCUT2D eigenvalue weighted by Gasteiger charge is 2.20. The normalized spacial score (nSPS) is 11.4. The lowest BCUT2D eigenvalue weighted by Gasteiger charge is -2.18. The van der Waals surface area contributed by atoms with Crippen molar-refractivity contribution in [1.82, 2.24) is 14.8 Å². The van der Waals surface area contributed by atoms with E-state index < -0.39 is 22.9 Å². The number of aromatic amines is 1. The third kappa shape index (κ3) is 5.71. The molecule has 0 saturated heterocycles. The number of fused-ring (bicyclic) bond motifs is 1. The van der Waals surface area contributed by atoms with Gasteiger partial charge in [-0.15, -0.1) is 0 Å². The lowest BCUT2D eigenvalue weighted by atomic mass is 10.1. The Morgan fingerprint density at radius 3 is 2.58 bits per heavy atom. The number of nitrogens with one attached hydrogen (secondary N) is 2. The van der Waals surface area contributed by atoms with Gasteiger partial charge in [0, 0.05) is 35.1 Å². The van der Waals surface area contributed by atoms with Gasteiger partial charge in [-0.1, -0.05) is 18.2 Å². The number of benzene rings is 3. The van der Waals surface area contributed by atoms with E-state index in [1.807, 2.05) is 6.07 Å². The molecule has 0 fully saturated rings. The van der Waals surface area contributed by atoms with Crippen molar-refractivity contribution in [1.29, 1.82) is 0 Å². The molecule has 0 atom stereocenters. The molecule has 0 radical (unpaired) electrons. The van der Waals surface area contributed by atoms with Crippen LogP contribution in [0.5, 0.6) is 17.2 Å². The third-order valence-electron chi connectivity index (χ3n) is 5.99. The third-order valence-corrected chi connectivity index (χ3v) is 5.99. The molecule has 3 aromatic carbocycles. The zero-order chi connectivity index (χ0) is 28.4. The van der Waals surface area contributed by atoms with Crippen LogP contribution in [0.25, 0.3) is 16.6 Å². The summed E-state index contributed by atoms with van der Waals surface area (Å²) in [5.41, 5.74) is 0.123. The Balaban J connectivity index is 1.33. The molecule has 3 N–H and O–H groups in total. The molecular formula is C30H27FN4O5. The molecular weight excluding hydrogens is 515 g/mol. The predicted octanol–water partition coefficient (Wildman–Crippen LogP) is 5.36. The highest BCUT2D eigenvalue weighted by Crippen LogP contribution is 2.33. The van der Waals surface area contributed by atoms with E-state index in [4.69, 9.17) is 9.47 Å². The second-order valence-corrected chi connectivity index (χ2v) is 9.88. The minimum atomic E-state index is -0.988. The maximum atomic E-state index is 15.0. The first-order chi connectivity index (χ1) is 19.1. The molecule has 9 nitrogen and oxygen atoms in total. The summed E-state index contributed by atoms with van der Waals surface area (Å²) < 4.78 is 27.8. The number of carbonyl (C=O) groups is 1. The number of rotatable bonds is 8. The number of halogens is 1. The number of ether oxygens (including phenoxy) is 2. The molecule has 0 aliphatic carbocycles. The van der Waals surface area contributed by atoms with Crippen molar-refractivity contribution in [3.8, 4) is 22.9 Å². The summed E-state index contributed by atoms with van der Waals surface area (Å²) in [4.78, 5) is 30.2. The number of hydrogen-bond acceptors (Lipinski definition) is 6. The Bertz CT molecular complexity index is 1760. The lowest BCUT2D eigenvalue weighted by Crippen LogP contribution is -2.27. The largest absolute Gasteiger partial charge is 0.491 e. The second-order valence-electron chi connectivity index (χ2n) is 9.88. The van der Waals surface area contributed by atoms with Crippen molar-refractivity contribution in [3.05, 3.63) is 106 Å². The molecule has 10 heteroatoms. The van der Waals surface area contributed by atoms with Crippen LogP contribution in [0.2, 0.25) is 0 Å². The number of aryl methyl sites for hydroxylation is 1. The molecule has 0 unspecified atom stereocenters. The van der Waals surface area contributed by atoms with Crippen molar-refractivity contribution in [2.24, 2.45) is 0 Å². The molecule has 0 spiro atoms. The number of para-hydroxylation sites is 1. The lowest BCUT2D eigenvalue weighted by molar-refractivity contribution is 0.0285. The number of carbonyl (C=O) groups excluding carboxylic acids is 1. The van der Waals surface area contributed by atoms with E-state index in [1.165, 1.54) is 23.0 Å². The minimum Gasteiger partial charge on any atom is -0.491 e. The Kier molecular flexibility index (Phi) is 7.10. The fourth-order valence-corrected chi connectivity index (χ4v) is 4.09. The van der Waals surface area contributed by atoms with Crippen molar-refractivity contribution in [3.63, 3.8) is 0 Å². The van der Waals surface area contributed by atoms with E-state index in [1.54, 1.807) is 69.3 Å². The second kappa shape index (κ2) is 10.7. The van der Waals surface area contributed by atoms with Gasteiger partial charge in [-0.2, -0.15) is 0 Å². The zero-order valence-electron chi connectivity index (χ0n) is 22.1. The summed E-state index contributed by atoms with van der Waals surface area (Å²) in [7, 11) is 0. The van der Waals surface area contributed by atoms with Gasteiger partial charge in [0.25, 0.3) is 11.5 Å². The summed E-state index contributed by atoms with van der Waals surface area (Å²) in [6.07, 6.45) is 1.53. The fraction of sp³-hybridized carbons (Fsp3) is 0.167. The van der Waals surface area contributed by atoms with Crippen LogP contribution in [0.1, 0.15) is 29.9 Å². The maximum Gasteiger partial charge on any atom is 0.284 e. The minimum absolute atomic E-state index is 0.0582. The molecule has 0 bridgehead atoms. The number of pyridine rings is 1. The summed E-state index contributed by atoms with van der Waals surface area (Å²) in [6.45, 7) is 5.02. The first kappa shape index (κ1) is 26.6. The highest BCUT2D eigenvalue weighted by atomic mass is 19.1. The summed E-state index contributed by atoms with van der Waals surface area (Å²) >= 11 is 0. The van der Waals surface area contributed by atoms with Crippen LogP contribution in [0.3, 0.4) is 0 Å². The van der Waals surface area contributed by atoms with Gasteiger partial charge in [-0.25, -0.2) is 9.07 Å². The van der Waals surface area contributed by atoms with E-state index in [9.17, 15) is 14.7 Å². The van der Waals surface area contributed by atoms with Crippen LogP contribution >= 0.6 is 0 Å². The number of hydrogen-bond donors (Lipinski definition) is 3. The van der Waals surface area contributed by atoms with Crippen molar-refractivity contribution < 1.29 is 23.8 Å². The summed E-state index contributed by atoms with van der Waals surface area (Å²) in [5, 5.41) is 16.0. The highest BCUT2D eigenvalue weighted by molar-refractivity contribution is 6.04. The Hall–Kier alpha value is -4.96. The van der Waals surface area contributed by atoms with E-state index >= 15 is 4.39 Å². The van der Waals surface area contributed by atoms with E-state index in [0.717, 1.165) is 6.07 Å². The molecule has 40 heavy (non-hydrogen) atoms. The van der Waals surface area contributed by atoms with Crippen molar-refractivity contribution in [2.45, 2.75) is 26.4 Å². The van der Waals surface area contributed by atoms with Crippen LogP contribution < -0.4 is 20.3 Å². The molecule has 1 amide bonds. The molecule has 0 aliphatic rings. The predicted molar refractivity (Wildman–Crippen MR) is 149 cm³/mol. The molecule has 0 aliphatic heterocycles. The molecule has 5 rings (SSSR count). The summed E-state index contributed by atoms with van der Waals surface area (Å²) in [5.74, 6) is -0.528. The number of aromatic nitrogens is 3. The van der Waals surface area contributed by atoms with Crippen molar-refractivity contribution in [2.75, 3.05) is 11.9 Å². The standard InChI is InChI=1S/C30H27FN4O5/c1-18-27(29(37)35(34-18)20-7-5-4-6-8-20)28(36)33-19-9-12-26(23(31)15-19)40-25-13-14-32-24-16-21(10-11-22(24)25)39-17-30(2,3)38/h4-16,34,38H,17H2,1-3H3,(H,33,36). The van der Waals surface area contributed by atoms with E-state index in [2.05, 4.69) is 15.4 Å². The summed E-state index contributed by atoms with van der Waals surface area (Å²) in [6, 6.07) is 19.6. The number of aliphatic hydroxyl groups is 1. The van der Waals surface area contributed by atoms with Gasteiger partial charge < -0.3 is 19.9 Å². The Labute approximate surface area is 228 Å². The first-order valence-corrected chi connectivity index (χ1v) is 12.5. The zero-order valence-corrected chi connectivity index (χ0v) is 22.1. The van der Waals surface area contributed by atoms with Crippen LogP contribution in [-0.2, 0) is 0 Å². The Morgan fingerprint density at radius 1 is 1.07 bits per heavy atom. The molecule has 204 valence electrons. The Morgan fingerprint density at radius 2 is 1.85 bits per heavy atom. The average molecular weight is 543 g/mol. The quantitative estimate of drug-likeness (QED) is 0.243. The molecule has 5 aromatic rings. The van der Waals surface area contributed by atoms with E-state index in [-0.39, 0.29) is 23.6 Å². The van der Waals surface area contributed by atoms with Gasteiger partial charge in [0.15, 0.2) is 11.6 Å². The van der Waals surface area contributed by atoms with Gasteiger partial charge in [0.05, 0.1) is 16.8 Å². The fourth-order valence-electron chi connectivity index (χ4n) is 4.09. The van der Waals surface area contributed by atoms with Gasteiger partial charge in [-0.3, -0.25) is 19.7 Å². The number of nitrogens with zero attached hydrogens (tertiary/aromatic N) is 2. The average Bonchev–Trinajstić information content (AvgIpc) is 3.22.